The van der Waals surface area contributed by atoms with Crippen molar-refractivity contribution in [2.75, 3.05) is 6.61 Å². The van der Waals surface area contributed by atoms with Gasteiger partial charge in [0.25, 0.3) is 0 Å². The van der Waals surface area contributed by atoms with Gasteiger partial charge in [-0.05, 0) is 26.2 Å². The molecule has 1 aliphatic carbocycles. The van der Waals surface area contributed by atoms with Crippen molar-refractivity contribution in [2.24, 2.45) is 0 Å². The fourth-order valence-corrected chi connectivity index (χ4v) is 2.07. The van der Waals surface area contributed by atoms with Gasteiger partial charge in [-0.2, -0.15) is 5.10 Å². The average Bonchev–Trinajstić information content (AvgIpc) is 2.75. The molecule has 2 heterocycles. The first kappa shape index (κ1) is 8.41. The predicted octanol–water partition coefficient (Wildman–Crippen LogP) is 1.57. The van der Waals surface area contributed by atoms with Crippen molar-refractivity contribution in [1.29, 1.82) is 0 Å². The molecule has 1 N–H and O–H groups in total. The van der Waals surface area contributed by atoms with Crippen LogP contribution in [0.25, 0.3) is 0 Å². The highest BCUT2D eigenvalue weighted by Gasteiger charge is 2.32. The molecule has 0 aromatic carbocycles. The van der Waals surface area contributed by atoms with Gasteiger partial charge in [0, 0.05) is 18.4 Å². The molecule has 0 spiro atoms. The SMILES string of the molecule is CC1OCCC1c1nc(C2CC2)n[nH]1. The van der Waals surface area contributed by atoms with Gasteiger partial charge in [-0.15, -0.1) is 0 Å². The van der Waals surface area contributed by atoms with Gasteiger partial charge in [0.05, 0.1) is 6.10 Å². The van der Waals surface area contributed by atoms with Crippen molar-refractivity contribution < 1.29 is 4.74 Å². The van der Waals surface area contributed by atoms with E-state index in [4.69, 9.17) is 4.74 Å². The summed E-state index contributed by atoms with van der Waals surface area (Å²) in [7, 11) is 0. The summed E-state index contributed by atoms with van der Waals surface area (Å²) < 4.78 is 5.52. The Morgan fingerprint density at radius 2 is 2.21 bits per heavy atom. The van der Waals surface area contributed by atoms with Gasteiger partial charge in [-0.3, -0.25) is 5.10 Å². The maximum Gasteiger partial charge on any atom is 0.153 e. The minimum Gasteiger partial charge on any atom is -0.378 e. The molecule has 1 saturated carbocycles. The van der Waals surface area contributed by atoms with Crippen molar-refractivity contribution in [1.82, 2.24) is 15.2 Å². The van der Waals surface area contributed by atoms with Gasteiger partial charge in [0.2, 0.25) is 0 Å². The van der Waals surface area contributed by atoms with E-state index in [1.807, 2.05) is 0 Å². The van der Waals surface area contributed by atoms with Crippen molar-refractivity contribution in [3.05, 3.63) is 11.6 Å². The molecule has 76 valence electrons. The zero-order valence-corrected chi connectivity index (χ0v) is 8.36. The maximum atomic E-state index is 5.52. The zero-order valence-electron chi connectivity index (χ0n) is 8.36. The normalized spacial score (nSPS) is 32.4. The van der Waals surface area contributed by atoms with E-state index in [-0.39, 0.29) is 6.10 Å². The van der Waals surface area contributed by atoms with Crippen LogP contribution in [0.4, 0.5) is 0 Å². The fraction of sp³-hybridized carbons (Fsp3) is 0.800. The van der Waals surface area contributed by atoms with E-state index in [0.717, 1.165) is 24.7 Å². The molecule has 1 aromatic heterocycles. The zero-order chi connectivity index (χ0) is 9.54. The first-order chi connectivity index (χ1) is 6.84. The van der Waals surface area contributed by atoms with Crippen LogP contribution in [0, 0.1) is 0 Å². The van der Waals surface area contributed by atoms with Crippen LogP contribution in [0.2, 0.25) is 0 Å². The molecule has 2 aliphatic rings. The van der Waals surface area contributed by atoms with Crippen LogP contribution >= 0.6 is 0 Å². The van der Waals surface area contributed by atoms with Gasteiger partial charge in [0.15, 0.2) is 5.82 Å². The van der Waals surface area contributed by atoms with E-state index in [9.17, 15) is 0 Å². The molecular formula is C10H15N3O. The quantitative estimate of drug-likeness (QED) is 0.775. The third kappa shape index (κ3) is 1.34. The summed E-state index contributed by atoms with van der Waals surface area (Å²) >= 11 is 0. The van der Waals surface area contributed by atoms with Gasteiger partial charge < -0.3 is 4.74 Å². The van der Waals surface area contributed by atoms with Gasteiger partial charge >= 0.3 is 0 Å². The van der Waals surface area contributed by atoms with Crippen LogP contribution in [0.1, 0.15) is 49.7 Å². The van der Waals surface area contributed by atoms with Crippen LogP contribution in [-0.2, 0) is 4.74 Å². The van der Waals surface area contributed by atoms with Crippen LogP contribution in [-0.4, -0.2) is 27.9 Å². The van der Waals surface area contributed by atoms with Crippen molar-refractivity contribution in [2.45, 2.75) is 44.1 Å². The Bertz CT molecular complexity index is 332. The number of nitrogens with zero attached hydrogens (tertiary/aromatic N) is 2. The smallest absolute Gasteiger partial charge is 0.153 e. The topological polar surface area (TPSA) is 50.8 Å². The van der Waals surface area contributed by atoms with Gasteiger partial charge in [-0.1, -0.05) is 0 Å². The Kier molecular flexibility index (Phi) is 1.83. The van der Waals surface area contributed by atoms with Crippen LogP contribution in [0.15, 0.2) is 0 Å². The molecule has 2 fully saturated rings. The molecule has 2 atom stereocenters. The molecule has 2 unspecified atom stereocenters. The van der Waals surface area contributed by atoms with E-state index in [0.29, 0.717) is 11.8 Å². The Labute approximate surface area is 83.1 Å². The molecule has 3 rings (SSSR count). The molecule has 1 aliphatic heterocycles. The molecule has 4 heteroatoms. The van der Waals surface area contributed by atoms with Crippen molar-refractivity contribution in [3.63, 3.8) is 0 Å². The third-order valence-electron chi connectivity index (χ3n) is 3.19. The van der Waals surface area contributed by atoms with E-state index in [1.54, 1.807) is 0 Å². The number of hydrogen-bond donors (Lipinski definition) is 1. The highest BCUT2D eigenvalue weighted by atomic mass is 16.5. The molecule has 14 heavy (non-hydrogen) atoms. The minimum absolute atomic E-state index is 0.287. The van der Waals surface area contributed by atoms with Crippen LogP contribution in [0.3, 0.4) is 0 Å². The lowest BCUT2D eigenvalue weighted by molar-refractivity contribution is 0.117. The Morgan fingerprint density at radius 1 is 1.36 bits per heavy atom. The molecule has 0 amide bonds. The van der Waals surface area contributed by atoms with Crippen molar-refractivity contribution in [3.8, 4) is 0 Å². The fourth-order valence-electron chi connectivity index (χ4n) is 2.07. The van der Waals surface area contributed by atoms with Crippen molar-refractivity contribution >= 4 is 0 Å². The van der Waals surface area contributed by atoms with E-state index < -0.39 is 0 Å². The van der Waals surface area contributed by atoms with Gasteiger partial charge in [0.1, 0.15) is 5.82 Å². The summed E-state index contributed by atoms with van der Waals surface area (Å²) in [6, 6.07) is 0. The van der Waals surface area contributed by atoms with E-state index >= 15 is 0 Å². The molecule has 0 bridgehead atoms. The first-order valence-electron chi connectivity index (χ1n) is 5.38. The van der Waals surface area contributed by atoms with E-state index in [1.165, 1.54) is 12.8 Å². The Hall–Kier alpha value is -0.900. The molecule has 1 aromatic rings. The summed E-state index contributed by atoms with van der Waals surface area (Å²) in [6.45, 7) is 2.96. The summed E-state index contributed by atoms with van der Waals surface area (Å²) in [5.41, 5.74) is 0. The number of aromatic amines is 1. The monoisotopic (exact) mass is 193 g/mol. The standard InChI is InChI=1S/C10H15N3O/c1-6-8(4-5-14-6)10-11-9(12-13-10)7-2-3-7/h6-8H,2-5H2,1H3,(H,11,12,13). The second kappa shape index (κ2) is 3.05. The lowest BCUT2D eigenvalue weighted by atomic mass is 10.0. The number of rotatable bonds is 2. The predicted molar refractivity (Wildman–Crippen MR) is 51.1 cm³/mol. The summed E-state index contributed by atoms with van der Waals surface area (Å²) in [5, 5.41) is 7.32. The molecule has 4 nitrogen and oxygen atoms in total. The highest BCUT2D eigenvalue weighted by molar-refractivity contribution is 5.09. The lowest BCUT2D eigenvalue weighted by Crippen LogP contribution is -2.10. The Balaban J connectivity index is 1.81. The number of nitrogens with one attached hydrogen (secondary N) is 1. The second-order valence-electron chi connectivity index (χ2n) is 4.32. The first-order valence-corrected chi connectivity index (χ1v) is 5.38. The van der Waals surface area contributed by atoms with Crippen LogP contribution in [0.5, 0.6) is 0 Å². The summed E-state index contributed by atoms with van der Waals surface area (Å²) in [4.78, 5) is 4.56. The maximum absolute atomic E-state index is 5.52. The highest BCUT2D eigenvalue weighted by Crippen LogP contribution is 2.38. The Morgan fingerprint density at radius 3 is 2.86 bits per heavy atom. The lowest BCUT2D eigenvalue weighted by Gasteiger charge is -2.09. The van der Waals surface area contributed by atoms with Gasteiger partial charge in [-0.25, -0.2) is 4.98 Å². The van der Waals surface area contributed by atoms with E-state index in [2.05, 4.69) is 22.1 Å². The molecular weight excluding hydrogens is 178 g/mol. The second-order valence-corrected chi connectivity index (χ2v) is 4.32. The number of hydrogen-bond acceptors (Lipinski definition) is 3. The largest absolute Gasteiger partial charge is 0.378 e. The molecule has 0 radical (unpaired) electrons. The third-order valence-corrected chi connectivity index (χ3v) is 3.19. The molecule has 1 saturated heterocycles. The summed E-state index contributed by atoms with van der Waals surface area (Å²) in [6.07, 6.45) is 3.87. The number of aromatic nitrogens is 3. The van der Waals surface area contributed by atoms with Crippen LogP contribution < -0.4 is 0 Å². The number of H-pyrrole nitrogens is 1. The number of ether oxygens (including phenoxy) is 1. The minimum atomic E-state index is 0.287. The average molecular weight is 193 g/mol. The summed E-state index contributed by atoms with van der Waals surface area (Å²) in [5.74, 6) is 3.10.